The number of halogens is 4. The number of carbonyl (C=O) groups excluding carboxylic acids is 1. The molecule has 1 aromatic carbocycles. The van der Waals surface area contributed by atoms with Gasteiger partial charge in [-0.3, -0.25) is 4.79 Å². The van der Waals surface area contributed by atoms with E-state index in [2.05, 4.69) is 10.6 Å². The van der Waals surface area contributed by atoms with Crippen molar-refractivity contribution in [2.24, 2.45) is 5.41 Å². The lowest BCUT2D eigenvalue weighted by Gasteiger charge is -2.31. The van der Waals surface area contributed by atoms with Gasteiger partial charge in [0.15, 0.2) is 5.41 Å². The highest BCUT2D eigenvalue weighted by Crippen LogP contribution is 2.43. The van der Waals surface area contributed by atoms with Gasteiger partial charge >= 0.3 is 6.18 Å². The van der Waals surface area contributed by atoms with Crippen molar-refractivity contribution in [1.29, 1.82) is 0 Å². The minimum Gasteiger partial charge on any atom is -0.349 e. The minimum atomic E-state index is -4.57. The molecule has 2 N–H and O–H groups in total. The second kappa shape index (κ2) is 5.85. The Morgan fingerprint density at radius 2 is 2.19 bits per heavy atom. The van der Waals surface area contributed by atoms with Gasteiger partial charge in [0.1, 0.15) is 0 Å². The normalized spacial score (nSPS) is 23.9. The number of benzene rings is 1. The van der Waals surface area contributed by atoms with E-state index in [-0.39, 0.29) is 19.5 Å². The Balaban J connectivity index is 2.16. The lowest BCUT2D eigenvalue weighted by atomic mass is 9.84. The summed E-state index contributed by atoms with van der Waals surface area (Å²) in [6, 6.07) is 6.15. The highest BCUT2D eigenvalue weighted by atomic mass is 35.5. The maximum absolute atomic E-state index is 13.3. The molecule has 0 saturated carbocycles. The number of hydrogen-bond acceptors (Lipinski definition) is 2. The summed E-state index contributed by atoms with van der Waals surface area (Å²) in [7, 11) is 0. The average Bonchev–Trinajstić information content (AvgIpc) is 2.88. The summed E-state index contributed by atoms with van der Waals surface area (Å²) < 4.78 is 39.8. The first-order valence-corrected chi connectivity index (χ1v) is 6.98. The average molecular weight is 321 g/mol. The lowest BCUT2D eigenvalue weighted by Crippen LogP contribution is -2.52. The molecule has 0 bridgehead atoms. The van der Waals surface area contributed by atoms with E-state index in [9.17, 15) is 18.0 Å². The molecule has 2 atom stereocenters. The lowest BCUT2D eigenvalue weighted by molar-refractivity contribution is -0.216. The summed E-state index contributed by atoms with van der Waals surface area (Å²) in [6.45, 7) is 1.43. The number of amides is 1. The smallest absolute Gasteiger partial charge is 0.349 e. The van der Waals surface area contributed by atoms with E-state index in [1.165, 1.54) is 0 Å². The highest BCUT2D eigenvalue weighted by Gasteiger charge is 2.61. The molecule has 1 unspecified atom stereocenters. The molecule has 1 amide bonds. The van der Waals surface area contributed by atoms with Gasteiger partial charge in [0.05, 0.1) is 6.04 Å². The van der Waals surface area contributed by atoms with Gasteiger partial charge < -0.3 is 10.6 Å². The van der Waals surface area contributed by atoms with Gasteiger partial charge in [-0.15, -0.1) is 0 Å². The quantitative estimate of drug-likeness (QED) is 0.898. The molecule has 116 valence electrons. The largest absolute Gasteiger partial charge is 0.404 e. The van der Waals surface area contributed by atoms with Crippen LogP contribution in [0.3, 0.4) is 0 Å². The van der Waals surface area contributed by atoms with E-state index >= 15 is 0 Å². The van der Waals surface area contributed by atoms with Gasteiger partial charge in [0.25, 0.3) is 0 Å². The molecule has 0 aliphatic carbocycles. The third kappa shape index (κ3) is 3.16. The zero-order valence-corrected chi connectivity index (χ0v) is 12.2. The van der Waals surface area contributed by atoms with Crippen LogP contribution < -0.4 is 10.6 Å². The van der Waals surface area contributed by atoms with Gasteiger partial charge in [0, 0.05) is 11.6 Å². The van der Waals surface area contributed by atoms with Crippen molar-refractivity contribution >= 4 is 17.5 Å². The van der Waals surface area contributed by atoms with Crippen molar-refractivity contribution in [3.05, 3.63) is 34.9 Å². The topological polar surface area (TPSA) is 41.1 Å². The first kappa shape index (κ1) is 16.1. The van der Waals surface area contributed by atoms with E-state index in [1.807, 2.05) is 0 Å². The Hall–Kier alpha value is -1.27. The summed E-state index contributed by atoms with van der Waals surface area (Å²) in [5.74, 6) is -0.993. The van der Waals surface area contributed by atoms with E-state index < -0.39 is 23.5 Å². The number of alkyl halides is 3. The van der Waals surface area contributed by atoms with Gasteiger partial charge in [-0.2, -0.15) is 13.2 Å². The van der Waals surface area contributed by atoms with Crippen molar-refractivity contribution in [2.45, 2.75) is 25.6 Å². The molecular weight excluding hydrogens is 305 g/mol. The summed E-state index contributed by atoms with van der Waals surface area (Å²) in [5, 5.41) is 5.55. The molecule has 1 fully saturated rings. The Bertz CT molecular complexity index is 527. The van der Waals surface area contributed by atoms with E-state index in [1.54, 1.807) is 31.2 Å². The number of hydrogen-bond donors (Lipinski definition) is 2. The molecule has 3 nitrogen and oxygen atoms in total. The monoisotopic (exact) mass is 320 g/mol. The minimum absolute atomic E-state index is 0.179. The fraction of sp³-hybridized carbons (Fsp3) is 0.500. The number of carbonyl (C=O) groups is 1. The fourth-order valence-corrected chi connectivity index (χ4v) is 2.65. The Morgan fingerprint density at radius 3 is 2.71 bits per heavy atom. The third-order valence-corrected chi connectivity index (χ3v) is 4.06. The zero-order chi connectivity index (χ0) is 15.7. The van der Waals surface area contributed by atoms with E-state index in [0.717, 1.165) is 0 Å². The first-order valence-electron chi connectivity index (χ1n) is 6.60. The second-order valence-electron chi connectivity index (χ2n) is 5.26. The maximum atomic E-state index is 13.3. The van der Waals surface area contributed by atoms with Crippen LogP contribution in [-0.4, -0.2) is 25.2 Å². The van der Waals surface area contributed by atoms with Gasteiger partial charge in [-0.05, 0) is 37.6 Å². The molecule has 7 heteroatoms. The molecule has 0 aromatic heterocycles. The van der Waals surface area contributed by atoms with Gasteiger partial charge in [0.2, 0.25) is 5.91 Å². The van der Waals surface area contributed by atoms with Gasteiger partial charge in [-0.25, -0.2) is 0 Å². The van der Waals surface area contributed by atoms with Crippen molar-refractivity contribution in [3.63, 3.8) is 0 Å². The van der Waals surface area contributed by atoms with Crippen LogP contribution in [0.4, 0.5) is 13.2 Å². The fourth-order valence-electron chi connectivity index (χ4n) is 2.45. The molecule has 1 aliphatic heterocycles. The molecule has 2 rings (SSSR count). The van der Waals surface area contributed by atoms with Crippen LogP contribution in [0.25, 0.3) is 0 Å². The predicted octanol–water partition coefficient (Wildman–Crippen LogP) is 3.06. The number of rotatable bonds is 3. The van der Waals surface area contributed by atoms with Crippen LogP contribution in [-0.2, 0) is 4.79 Å². The van der Waals surface area contributed by atoms with Crippen LogP contribution in [0.15, 0.2) is 24.3 Å². The summed E-state index contributed by atoms with van der Waals surface area (Å²) in [4.78, 5) is 12.2. The molecule has 1 aliphatic rings. The van der Waals surface area contributed by atoms with Crippen molar-refractivity contribution in [1.82, 2.24) is 10.6 Å². The standard InChI is InChI=1S/C14H16ClF3N2O/c1-9(10-3-2-4-11(15)7-10)20-12(21)13(14(16,17)18)5-6-19-8-13/h2-4,7,9,19H,5-6,8H2,1H3,(H,20,21)/t9-,13?/m1/s1. The molecule has 1 aromatic rings. The van der Waals surface area contributed by atoms with E-state index in [0.29, 0.717) is 10.6 Å². The molecule has 0 spiro atoms. The SMILES string of the molecule is C[C@@H](NC(=O)C1(C(F)(F)F)CCNC1)c1cccc(Cl)c1. The zero-order valence-electron chi connectivity index (χ0n) is 11.4. The summed E-state index contributed by atoms with van der Waals surface area (Å²) in [6.07, 6.45) is -4.82. The molecular formula is C14H16ClF3N2O. The summed E-state index contributed by atoms with van der Waals surface area (Å²) in [5.41, 5.74) is -1.68. The van der Waals surface area contributed by atoms with Crippen LogP contribution in [0.1, 0.15) is 24.9 Å². The van der Waals surface area contributed by atoms with Crippen LogP contribution in [0.5, 0.6) is 0 Å². The third-order valence-electron chi connectivity index (χ3n) is 3.83. The molecule has 1 heterocycles. The molecule has 21 heavy (non-hydrogen) atoms. The van der Waals surface area contributed by atoms with Crippen molar-refractivity contribution in [2.75, 3.05) is 13.1 Å². The summed E-state index contributed by atoms with van der Waals surface area (Å²) >= 11 is 5.85. The molecule has 1 saturated heterocycles. The molecule has 0 radical (unpaired) electrons. The predicted molar refractivity (Wildman–Crippen MR) is 74.0 cm³/mol. The highest BCUT2D eigenvalue weighted by molar-refractivity contribution is 6.30. The first-order chi connectivity index (χ1) is 9.76. The van der Waals surface area contributed by atoms with Crippen LogP contribution in [0.2, 0.25) is 5.02 Å². The van der Waals surface area contributed by atoms with Crippen LogP contribution in [0, 0.1) is 5.41 Å². The number of nitrogens with one attached hydrogen (secondary N) is 2. The van der Waals surface area contributed by atoms with Crippen molar-refractivity contribution < 1.29 is 18.0 Å². The van der Waals surface area contributed by atoms with Gasteiger partial charge in [-0.1, -0.05) is 23.7 Å². The second-order valence-corrected chi connectivity index (χ2v) is 5.69. The Morgan fingerprint density at radius 1 is 1.48 bits per heavy atom. The van der Waals surface area contributed by atoms with E-state index in [4.69, 9.17) is 11.6 Å². The Labute approximate surface area is 125 Å². The maximum Gasteiger partial charge on any atom is 0.404 e. The van der Waals surface area contributed by atoms with Crippen molar-refractivity contribution in [3.8, 4) is 0 Å². The Kier molecular flexibility index (Phi) is 4.49. The van der Waals surface area contributed by atoms with Crippen LogP contribution >= 0.6 is 11.6 Å².